The van der Waals surface area contributed by atoms with Crippen molar-refractivity contribution in [1.29, 1.82) is 0 Å². The third-order valence-electron chi connectivity index (χ3n) is 5.15. The summed E-state index contributed by atoms with van der Waals surface area (Å²) in [4.78, 5) is 4.89. The first-order chi connectivity index (χ1) is 13.9. The van der Waals surface area contributed by atoms with Crippen LogP contribution in [0.3, 0.4) is 0 Å². The zero-order valence-electron chi connectivity index (χ0n) is 16.7. The van der Waals surface area contributed by atoms with Gasteiger partial charge < -0.3 is 10.6 Å². The number of halogens is 1. The minimum absolute atomic E-state index is 0.115. The second-order valence-corrected chi connectivity index (χ2v) is 9.51. The summed E-state index contributed by atoms with van der Waals surface area (Å²) in [5.74, 6) is 0.743. The lowest BCUT2D eigenvalue weighted by Crippen LogP contribution is -2.41. The summed E-state index contributed by atoms with van der Waals surface area (Å²) in [6.07, 6.45) is 2.25. The Hall–Kier alpha value is -2.09. The van der Waals surface area contributed by atoms with Gasteiger partial charge in [0.25, 0.3) is 0 Å². The molecule has 0 unspecified atom stereocenters. The molecule has 0 heterocycles. The van der Waals surface area contributed by atoms with E-state index in [1.54, 1.807) is 24.3 Å². The van der Waals surface area contributed by atoms with E-state index >= 15 is 0 Å². The number of hydrogen-bond donors (Lipinski definition) is 3. The maximum absolute atomic E-state index is 11.8. The predicted molar refractivity (Wildman–Crippen MR) is 118 cm³/mol. The highest BCUT2D eigenvalue weighted by Crippen LogP contribution is 2.48. The Bertz CT molecular complexity index is 970. The van der Waals surface area contributed by atoms with E-state index in [0.29, 0.717) is 6.54 Å². The fraction of sp³-hybridized carbons (Fsp3) is 0.381. The lowest BCUT2D eigenvalue weighted by molar-refractivity contribution is 0.588. The van der Waals surface area contributed by atoms with Crippen LogP contribution < -0.4 is 15.4 Å². The van der Waals surface area contributed by atoms with Gasteiger partial charge in [-0.2, -0.15) is 0 Å². The van der Waals surface area contributed by atoms with E-state index < -0.39 is 10.0 Å². The molecule has 0 bridgehead atoms. The van der Waals surface area contributed by atoms with Crippen molar-refractivity contribution < 1.29 is 8.42 Å². The molecule has 1 saturated carbocycles. The fourth-order valence-electron chi connectivity index (χ4n) is 3.19. The number of guanidine groups is 1. The molecule has 0 saturated heterocycles. The zero-order chi connectivity index (χ0) is 20.9. The lowest BCUT2D eigenvalue weighted by atomic mass is 9.96. The van der Waals surface area contributed by atoms with E-state index in [9.17, 15) is 8.42 Å². The Morgan fingerprint density at radius 3 is 2.45 bits per heavy atom. The van der Waals surface area contributed by atoms with Gasteiger partial charge in [0.05, 0.1) is 11.4 Å². The van der Waals surface area contributed by atoms with Crippen molar-refractivity contribution in [3.05, 3.63) is 64.7 Å². The number of aliphatic imine (C=N–C) groups is 1. The highest BCUT2D eigenvalue weighted by Gasteiger charge is 2.44. The van der Waals surface area contributed by atoms with Gasteiger partial charge in [-0.05, 0) is 62.2 Å². The summed E-state index contributed by atoms with van der Waals surface area (Å²) in [6, 6.07) is 14.8. The average molecular weight is 435 g/mol. The molecule has 1 fully saturated rings. The second-order valence-electron chi connectivity index (χ2n) is 7.19. The van der Waals surface area contributed by atoms with Gasteiger partial charge in [-0.3, -0.25) is 0 Å². The Balaban J connectivity index is 1.64. The zero-order valence-corrected chi connectivity index (χ0v) is 18.3. The van der Waals surface area contributed by atoms with Crippen molar-refractivity contribution in [3.63, 3.8) is 0 Å². The van der Waals surface area contributed by atoms with E-state index in [1.165, 1.54) is 12.6 Å². The summed E-state index contributed by atoms with van der Waals surface area (Å²) in [6.45, 7) is 4.03. The van der Waals surface area contributed by atoms with Gasteiger partial charge in [-0.25, -0.2) is 18.1 Å². The fourth-order valence-corrected chi connectivity index (χ4v) is 4.11. The van der Waals surface area contributed by atoms with E-state index in [4.69, 9.17) is 11.6 Å². The maximum Gasteiger partial charge on any atom is 0.240 e. The molecule has 2 aromatic rings. The number of hydrogen-bond acceptors (Lipinski definition) is 3. The third-order valence-corrected chi connectivity index (χ3v) is 6.82. The molecule has 1 aliphatic rings. The molecule has 0 spiro atoms. The van der Waals surface area contributed by atoms with E-state index in [0.717, 1.165) is 42.5 Å². The van der Waals surface area contributed by atoms with Crippen LogP contribution in [0, 0.1) is 0 Å². The van der Waals surface area contributed by atoms with Crippen molar-refractivity contribution in [2.45, 2.75) is 36.6 Å². The molecule has 6 nitrogen and oxygen atoms in total. The van der Waals surface area contributed by atoms with Gasteiger partial charge in [-0.15, -0.1) is 0 Å². The first-order valence-electron chi connectivity index (χ1n) is 9.69. The van der Waals surface area contributed by atoms with E-state index in [-0.39, 0.29) is 10.3 Å². The first-order valence-corrected chi connectivity index (χ1v) is 11.6. The Morgan fingerprint density at radius 2 is 1.86 bits per heavy atom. The Labute approximate surface area is 177 Å². The van der Waals surface area contributed by atoms with Crippen LogP contribution in [0.15, 0.2) is 58.4 Å². The number of benzene rings is 2. The van der Waals surface area contributed by atoms with E-state index in [2.05, 4.69) is 26.4 Å². The molecule has 0 radical (unpaired) electrons. The van der Waals surface area contributed by atoms with Gasteiger partial charge in [0.2, 0.25) is 10.0 Å². The number of nitrogens with one attached hydrogen (secondary N) is 3. The average Bonchev–Trinajstić information content (AvgIpc) is 3.52. The Morgan fingerprint density at radius 1 is 1.14 bits per heavy atom. The molecule has 0 aliphatic heterocycles. The van der Waals surface area contributed by atoms with Crippen LogP contribution in [-0.2, 0) is 22.0 Å². The van der Waals surface area contributed by atoms with Crippen LogP contribution >= 0.6 is 11.6 Å². The monoisotopic (exact) mass is 434 g/mol. The molecule has 8 heteroatoms. The summed E-state index contributed by atoms with van der Waals surface area (Å²) < 4.78 is 26.0. The molecular weight excluding hydrogens is 408 g/mol. The van der Waals surface area contributed by atoms with Crippen molar-refractivity contribution in [2.24, 2.45) is 4.99 Å². The van der Waals surface area contributed by atoms with Crippen molar-refractivity contribution in [1.82, 2.24) is 15.4 Å². The van der Waals surface area contributed by atoms with Crippen LogP contribution in [0.25, 0.3) is 0 Å². The number of nitrogens with zero attached hydrogens (tertiary/aromatic N) is 1. The van der Waals surface area contributed by atoms with Gasteiger partial charge >= 0.3 is 0 Å². The van der Waals surface area contributed by atoms with Gasteiger partial charge in [0, 0.05) is 23.5 Å². The SMILES string of the molecule is CCNC(=NCc1ccc(S(=O)(=O)NC)cc1)NCC1(c2cccc(Cl)c2)CC1. The molecule has 156 valence electrons. The number of rotatable bonds is 8. The van der Waals surface area contributed by atoms with Gasteiger partial charge in [-0.1, -0.05) is 35.9 Å². The molecule has 0 amide bonds. The summed E-state index contributed by atoms with van der Waals surface area (Å²) in [5, 5.41) is 7.48. The van der Waals surface area contributed by atoms with Gasteiger partial charge in [0.15, 0.2) is 5.96 Å². The highest BCUT2D eigenvalue weighted by atomic mass is 35.5. The molecule has 1 aliphatic carbocycles. The minimum atomic E-state index is -3.42. The molecule has 0 atom stereocenters. The lowest BCUT2D eigenvalue weighted by Gasteiger charge is -2.19. The quantitative estimate of drug-likeness (QED) is 0.440. The first kappa shape index (κ1) is 21.6. The molecule has 2 aromatic carbocycles. The van der Waals surface area contributed by atoms with E-state index in [1.807, 2.05) is 25.1 Å². The van der Waals surface area contributed by atoms with Crippen LogP contribution in [0.2, 0.25) is 5.02 Å². The van der Waals surface area contributed by atoms with Gasteiger partial charge in [0.1, 0.15) is 0 Å². The topological polar surface area (TPSA) is 82.6 Å². The molecule has 29 heavy (non-hydrogen) atoms. The summed E-state index contributed by atoms with van der Waals surface area (Å²) >= 11 is 6.16. The largest absolute Gasteiger partial charge is 0.357 e. The standard InChI is InChI=1S/C21H27ClN4O2S/c1-3-24-20(25-14-16-7-9-19(10-8-16)29(27,28)23-2)26-15-21(11-12-21)17-5-4-6-18(22)13-17/h4-10,13,23H,3,11-12,14-15H2,1-2H3,(H2,24,25,26). The molecular formula is C21H27ClN4O2S. The van der Waals surface area contributed by atoms with Crippen LogP contribution in [-0.4, -0.2) is 34.5 Å². The number of sulfonamides is 1. The maximum atomic E-state index is 11.8. The predicted octanol–water partition coefficient (Wildman–Crippen LogP) is 3.04. The minimum Gasteiger partial charge on any atom is -0.357 e. The van der Waals surface area contributed by atoms with Crippen LogP contribution in [0.4, 0.5) is 0 Å². The molecule has 3 rings (SSSR count). The third kappa shape index (κ3) is 5.50. The highest BCUT2D eigenvalue weighted by molar-refractivity contribution is 7.89. The second kappa shape index (κ2) is 9.15. The van der Waals surface area contributed by atoms with Crippen molar-refractivity contribution >= 4 is 27.6 Å². The van der Waals surface area contributed by atoms with Crippen LogP contribution in [0.5, 0.6) is 0 Å². The molecule has 3 N–H and O–H groups in total. The smallest absolute Gasteiger partial charge is 0.240 e. The molecule has 0 aromatic heterocycles. The van der Waals surface area contributed by atoms with Crippen molar-refractivity contribution in [3.8, 4) is 0 Å². The summed E-state index contributed by atoms with van der Waals surface area (Å²) in [7, 11) is -2.02. The van der Waals surface area contributed by atoms with Crippen LogP contribution in [0.1, 0.15) is 30.9 Å². The summed E-state index contributed by atoms with van der Waals surface area (Å²) in [5.41, 5.74) is 2.31. The van der Waals surface area contributed by atoms with Crippen molar-refractivity contribution in [2.75, 3.05) is 20.1 Å². The Kier molecular flexibility index (Phi) is 6.82. The normalized spacial score (nSPS) is 15.8.